The van der Waals surface area contributed by atoms with E-state index in [4.69, 9.17) is 0 Å². The molecule has 32 heavy (non-hydrogen) atoms. The fourth-order valence-corrected chi connectivity index (χ4v) is 5.89. The average Bonchev–Trinajstić information content (AvgIpc) is 3.48. The lowest BCUT2D eigenvalue weighted by Crippen LogP contribution is -2.54. The van der Waals surface area contributed by atoms with Crippen LogP contribution in [0.2, 0.25) is 0 Å². The Balaban J connectivity index is 1.32. The molecule has 3 unspecified atom stereocenters. The summed E-state index contributed by atoms with van der Waals surface area (Å²) in [6.45, 7) is 2.34. The van der Waals surface area contributed by atoms with Gasteiger partial charge < -0.3 is 15.5 Å². The highest BCUT2D eigenvalue weighted by Crippen LogP contribution is 2.36. The van der Waals surface area contributed by atoms with Gasteiger partial charge in [0.05, 0.1) is 17.9 Å². The van der Waals surface area contributed by atoms with Gasteiger partial charge in [0.25, 0.3) is 5.91 Å². The van der Waals surface area contributed by atoms with Crippen molar-refractivity contribution in [3.8, 4) is 6.07 Å². The number of nitriles is 1. The van der Waals surface area contributed by atoms with Crippen molar-refractivity contribution in [2.45, 2.75) is 63.2 Å². The van der Waals surface area contributed by atoms with Gasteiger partial charge in [-0.1, -0.05) is 12.8 Å². The molecular formula is C24H32N6O2. The molecular weight excluding hydrogens is 404 g/mol. The molecule has 5 rings (SSSR count). The number of piperidine rings is 1. The summed E-state index contributed by atoms with van der Waals surface area (Å²) in [5.41, 5.74) is 5.14. The van der Waals surface area contributed by atoms with E-state index in [-0.39, 0.29) is 41.9 Å². The maximum absolute atomic E-state index is 12.8. The van der Waals surface area contributed by atoms with E-state index in [0.717, 1.165) is 63.7 Å². The van der Waals surface area contributed by atoms with Gasteiger partial charge >= 0.3 is 0 Å². The number of likely N-dealkylation sites (tertiary alicyclic amines) is 1. The van der Waals surface area contributed by atoms with Gasteiger partial charge in [0.1, 0.15) is 6.17 Å². The average molecular weight is 437 g/mol. The lowest BCUT2D eigenvalue weighted by Gasteiger charge is -2.39. The van der Waals surface area contributed by atoms with Crippen LogP contribution < -0.4 is 16.1 Å². The highest BCUT2D eigenvalue weighted by Gasteiger charge is 2.51. The van der Waals surface area contributed by atoms with Gasteiger partial charge in [0.2, 0.25) is 5.91 Å². The number of benzene rings is 1. The fraction of sp³-hybridized carbons (Fsp3) is 0.625. The molecule has 1 aromatic rings. The summed E-state index contributed by atoms with van der Waals surface area (Å²) >= 11 is 0. The summed E-state index contributed by atoms with van der Waals surface area (Å²) in [5.74, 6) is -0.0860. The molecule has 1 saturated carbocycles. The van der Waals surface area contributed by atoms with Gasteiger partial charge in [-0.25, -0.2) is 10.4 Å². The summed E-state index contributed by atoms with van der Waals surface area (Å²) in [4.78, 5) is 27.3. The summed E-state index contributed by atoms with van der Waals surface area (Å²) in [6, 6.07) is 10.3. The second kappa shape index (κ2) is 9.08. The van der Waals surface area contributed by atoms with E-state index in [0.29, 0.717) is 12.1 Å². The van der Waals surface area contributed by atoms with E-state index in [1.807, 2.05) is 29.2 Å². The number of carbonyl (C=O) groups is 2. The van der Waals surface area contributed by atoms with Gasteiger partial charge in [-0.3, -0.25) is 9.59 Å². The third kappa shape index (κ3) is 3.96. The van der Waals surface area contributed by atoms with E-state index in [9.17, 15) is 14.9 Å². The molecule has 3 aliphatic heterocycles. The molecule has 3 N–H and O–H groups in total. The number of rotatable bonds is 4. The van der Waals surface area contributed by atoms with Gasteiger partial charge in [-0.15, -0.1) is 0 Å². The second-order valence-electron chi connectivity index (χ2n) is 9.50. The van der Waals surface area contributed by atoms with E-state index in [2.05, 4.69) is 27.1 Å². The zero-order valence-electron chi connectivity index (χ0n) is 18.4. The maximum Gasteiger partial charge on any atom is 0.253 e. The summed E-state index contributed by atoms with van der Waals surface area (Å²) in [6.07, 6.45) is 6.91. The molecule has 1 aliphatic carbocycles. The molecule has 170 valence electrons. The topological polar surface area (TPSA) is 100 Å². The minimum atomic E-state index is -0.248. The Morgan fingerprint density at radius 3 is 2.53 bits per heavy atom. The van der Waals surface area contributed by atoms with Crippen molar-refractivity contribution < 1.29 is 9.59 Å². The number of hydrogen-bond donors (Lipinski definition) is 3. The number of nitrogens with zero attached hydrogens (tertiary/aromatic N) is 3. The number of amides is 2. The molecule has 8 heteroatoms. The van der Waals surface area contributed by atoms with Crippen LogP contribution in [-0.2, 0) is 4.79 Å². The minimum absolute atomic E-state index is 0.00322. The zero-order valence-corrected chi connectivity index (χ0v) is 18.4. The van der Waals surface area contributed by atoms with Crippen LogP contribution in [0.3, 0.4) is 0 Å². The maximum atomic E-state index is 12.8. The molecule has 3 heterocycles. The zero-order chi connectivity index (χ0) is 22.1. The first kappa shape index (κ1) is 21.2. The Bertz CT molecular complexity index is 891. The largest absolute Gasteiger partial charge is 0.368 e. The van der Waals surface area contributed by atoms with E-state index in [1.165, 1.54) is 0 Å². The molecule has 3 saturated heterocycles. The number of hydrogen-bond acceptors (Lipinski definition) is 6. The number of nitrogens with one attached hydrogen (secondary N) is 3. The van der Waals surface area contributed by atoms with Crippen LogP contribution in [0.4, 0.5) is 5.69 Å². The van der Waals surface area contributed by atoms with Crippen LogP contribution in [0, 0.1) is 23.2 Å². The Kier molecular flexibility index (Phi) is 6.03. The van der Waals surface area contributed by atoms with E-state index < -0.39 is 0 Å². The van der Waals surface area contributed by atoms with Crippen LogP contribution in [0.1, 0.15) is 55.3 Å². The molecule has 0 radical (unpaired) electrons. The SMILES string of the molecule is N#C[C@H]1CCCC[C@@H]1N1NC(Nc2ccc(C(=O)N3CCCC3)cc2)C2C(=O)NCCC21. The molecule has 1 aromatic carbocycles. The number of fused-ring (bicyclic) bond motifs is 1. The Labute approximate surface area is 189 Å². The van der Waals surface area contributed by atoms with Crippen molar-refractivity contribution in [3.05, 3.63) is 29.8 Å². The molecule has 8 nitrogen and oxygen atoms in total. The lowest BCUT2D eigenvalue weighted by atomic mass is 9.83. The normalized spacial score (nSPS) is 32.8. The lowest BCUT2D eigenvalue weighted by molar-refractivity contribution is -0.128. The van der Waals surface area contributed by atoms with Crippen molar-refractivity contribution in [3.63, 3.8) is 0 Å². The summed E-state index contributed by atoms with van der Waals surface area (Å²) < 4.78 is 0. The predicted octanol–water partition coefficient (Wildman–Crippen LogP) is 2.07. The summed E-state index contributed by atoms with van der Waals surface area (Å²) in [5, 5.41) is 18.4. The number of carbonyl (C=O) groups excluding carboxylic acids is 2. The van der Waals surface area contributed by atoms with Crippen molar-refractivity contribution >= 4 is 17.5 Å². The van der Waals surface area contributed by atoms with Gasteiger partial charge in [-0.05, 0) is 56.4 Å². The molecule has 4 fully saturated rings. The van der Waals surface area contributed by atoms with Gasteiger partial charge in [0.15, 0.2) is 0 Å². The monoisotopic (exact) mass is 436 g/mol. The van der Waals surface area contributed by atoms with Crippen LogP contribution in [-0.4, -0.2) is 59.6 Å². The molecule has 4 aliphatic rings. The third-order valence-electron chi connectivity index (χ3n) is 7.56. The molecule has 0 spiro atoms. The quantitative estimate of drug-likeness (QED) is 0.668. The molecule has 0 bridgehead atoms. The Hall–Kier alpha value is -2.63. The van der Waals surface area contributed by atoms with Gasteiger partial charge in [-0.2, -0.15) is 5.26 Å². The first-order chi connectivity index (χ1) is 15.7. The number of hydrazine groups is 1. The van der Waals surface area contributed by atoms with Crippen molar-refractivity contribution in [2.75, 3.05) is 25.0 Å². The first-order valence-corrected chi connectivity index (χ1v) is 12.0. The smallest absolute Gasteiger partial charge is 0.253 e. The highest BCUT2D eigenvalue weighted by molar-refractivity contribution is 5.94. The predicted molar refractivity (Wildman–Crippen MR) is 120 cm³/mol. The Morgan fingerprint density at radius 1 is 1.03 bits per heavy atom. The third-order valence-corrected chi connectivity index (χ3v) is 7.56. The molecule has 2 amide bonds. The highest BCUT2D eigenvalue weighted by atomic mass is 16.2. The molecule has 0 aromatic heterocycles. The van der Waals surface area contributed by atoms with Crippen LogP contribution in [0.15, 0.2) is 24.3 Å². The van der Waals surface area contributed by atoms with Crippen LogP contribution >= 0.6 is 0 Å². The minimum Gasteiger partial charge on any atom is -0.368 e. The molecule has 5 atom stereocenters. The Morgan fingerprint density at radius 2 is 1.78 bits per heavy atom. The second-order valence-corrected chi connectivity index (χ2v) is 9.50. The number of anilines is 1. The van der Waals surface area contributed by atoms with Crippen LogP contribution in [0.25, 0.3) is 0 Å². The summed E-state index contributed by atoms with van der Waals surface area (Å²) in [7, 11) is 0. The van der Waals surface area contributed by atoms with Gasteiger partial charge in [0, 0.05) is 43.0 Å². The van der Waals surface area contributed by atoms with E-state index in [1.54, 1.807) is 0 Å². The van der Waals surface area contributed by atoms with E-state index >= 15 is 0 Å². The standard InChI is InChI=1S/C24H32N6O2/c25-15-17-5-1-2-6-19(17)30-20-11-12-26-23(31)21(20)22(28-30)27-18-9-7-16(8-10-18)24(32)29-13-3-4-14-29/h7-10,17,19-22,27-28H,1-6,11-14H2,(H,26,31)/t17-,19+,20?,21?,22?/m1/s1. The van der Waals surface area contributed by atoms with Crippen molar-refractivity contribution in [1.29, 1.82) is 5.26 Å². The van der Waals surface area contributed by atoms with Crippen molar-refractivity contribution in [1.82, 2.24) is 20.7 Å². The van der Waals surface area contributed by atoms with Crippen LogP contribution in [0.5, 0.6) is 0 Å². The van der Waals surface area contributed by atoms with Crippen molar-refractivity contribution in [2.24, 2.45) is 11.8 Å². The fourth-order valence-electron chi connectivity index (χ4n) is 5.89. The first-order valence-electron chi connectivity index (χ1n) is 12.0.